The minimum Gasteiger partial charge on any atom is -0.322 e. The highest BCUT2D eigenvalue weighted by Crippen LogP contribution is 2.16. The van der Waals surface area contributed by atoms with E-state index < -0.39 is 0 Å². The summed E-state index contributed by atoms with van der Waals surface area (Å²) in [6, 6.07) is 1.91. The molecule has 7 heteroatoms. The highest BCUT2D eigenvalue weighted by molar-refractivity contribution is 5.15. The zero-order valence-corrected chi connectivity index (χ0v) is 11.0. The van der Waals surface area contributed by atoms with Crippen molar-refractivity contribution in [2.24, 2.45) is 12.8 Å². The number of nitrogens with zero attached hydrogens (tertiary/aromatic N) is 6. The molecule has 0 aliphatic carbocycles. The molecule has 2 aromatic heterocycles. The van der Waals surface area contributed by atoms with Crippen LogP contribution in [-0.2, 0) is 26.4 Å². The Morgan fingerprint density at radius 2 is 2.11 bits per heavy atom. The van der Waals surface area contributed by atoms with Crippen LogP contribution in [0.5, 0.6) is 0 Å². The van der Waals surface area contributed by atoms with E-state index in [9.17, 15) is 0 Å². The van der Waals surface area contributed by atoms with Crippen LogP contribution in [0.4, 0.5) is 0 Å². The third-order valence-electron chi connectivity index (χ3n) is 2.86. The normalized spacial score (nSPS) is 12.9. The van der Waals surface area contributed by atoms with Crippen molar-refractivity contribution in [1.82, 2.24) is 30.0 Å². The minimum atomic E-state index is -0.151. The van der Waals surface area contributed by atoms with E-state index in [1.165, 1.54) is 4.80 Å². The van der Waals surface area contributed by atoms with Crippen molar-refractivity contribution in [2.45, 2.75) is 39.3 Å². The van der Waals surface area contributed by atoms with Gasteiger partial charge in [0.25, 0.3) is 0 Å². The summed E-state index contributed by atoms with van der Waals surface area (Å²) in [6.45, 7) is 4.96. The predicted octanol–water partition coefficient (Wildman–Crippen LogP) is 0.231. The van der Waals surface area contributed by atoms with Gasteiger partial charge in [-0.3, -0.25) is 4.68 Å². The summed E-state index contributed by atoms with van der Waals surface area (Å²) < 4.78 is 1.94. The minimum absolute atomic E-state index is 0.151. The van der Waals surface area contributed by atoms with Crippen LogP contribution in [-0.4, -0.2) is 30.0 Å². The van der Waals surface area contributed by atoms with Gasteiger partial charge in [-0.1, -0.05) is 6.92 Å². The largest absolute Gasteiger partial charge is 0.322 e. The Balaban J connectivity index is 2.17. The lowest BCUT2D eigenvalue weighted by Crippen LogP contribution is -2.19. The molecule has 98 valence electrons. The van der Waals surface area contributed by atoms with Crippen LogP contribution in [0.15, 0.2) is 6.07 Å². The second-order valence-electron chi connectivity index (χ2n) is 4.24. The highest BCUT2D eigenvalue weighted by Gasteiger charge is 2.16. The van der Waals surface area contributed by atoms with E-state index in [4.69, 9.17) is 5.73 Å². The molecule has 18 heavy (non-hydrogen) atoms. The summed E-state index contributed by atoms with van der Waals surface area (Å²) in [7, 11) is 1.74. The van der Waals surface area contributed by atoms with Crippen LogP contribution in [0, 0.1) is 0 Å². The number of aryl methyl sites for hydroxylation is 3. The summed E-state index contributed by atoms with van der Waals surface area (Å²) in [5.74, 6) is 0.659. The van der Waals surface area contributed by atoms with Gasteiger partial charge >= 0.3 is 0 Å². The average Bonchev–Trinajstić information content (AvgIpc) is 2.95. The number of rotatable bonds is 5. The van der Waals surface area contributed by atoms with E-state index in [0.29, 0.717) is 12.2 Å². The van der Waals surface area contributed by atoms with Crippen molar-refractivity contribution in [3.63, 3.8) is 0 Å². The first-order valence-electron chi connectivity index (χ1n) is 6.19. The second kappa shape index (κ2) is 5.26. The van der Waals surface area contributed by atoms with E-state index in [2.05, 4.69) is 40.4 Å². The molecule has 0 aromatic carbocycles. The lowest BCUT2D eigenvalue weighted by Gasteiger charge is -2.10. The molecule has 0 bridgehead atoms. The Labute approximate surface area is 106 Å². The maximum Gasteiger partial charge on any atom is 0.176 e. The summed E-state index contributed by atoms with van der Waals surface area (Å²) in [6.07, 6.45) is 1.48. The third-order valence-corrected chi connectivity index (χ3v) is 2.86. The number of nitrogens with two attached hydrogens (primary N) is 1. The van der Waals surface area contributed by atoms with Gasteiger partial charge in [-0.2, -0.15) is 9.90 Å². The first kappa shape index (κ1) is 12.7. The smallest absolute Gasteiger partial charge is 0.176 e. The SMILES string of the molecule is CCc1cc(C(N)Cc2nnn(C)n2)n(CC)n1. The molecular formula is C11H19N7. The number of aromatic nitrogens is 6. The molecule has 0 spiro atoms. The Kier molecular flexibility index (Phi) is 3.71. The molecule has 2 rings (SSSR count). The molecule has 7 nitrogen and oxygen atoms in total. The van der Waals surface area contributed by atoms with E-state index in [0.717, 1.165) is 24.4 Å². The van der Waals surface area contributed by atoms with Gasteiger partial charge < -0.3 is 5.73 Å². The predicted molar refractivity (Wildman–Crippen MR) is 66.7 cm³/mol. The molecule has 0 aliphatic rings. The van der Waals surface area contributed by atoms with E-state index in [1.54, 1.807) is 7.05 Å². The molecule has 2 heterocycles. The van der Waals surface area contributed by atoms with Crippen LogP contribution in [0.2, 0.25) is 0 Å². The summed E-state index contributed by atoms with van der Waals surface area (Å²) >= 11 is 0. The molecular weight excluding hydrogens is 230 g/mol. The van der Waals surface area contributed by atoms with Gasteiger partial charge in [0.1, 0.15) is 0 Å². The fourth-order valence-electron chi connectivity index (χ4n) is 1.92. The van der Waals surface area contributed by atoms with Gasteiger partial charge in [0, 0.05) is 13.0 Å². The molecule has 0 saturated heterocycles. The van der Waals surface area contributed by atoms with E-state index in [1.807, 2.05) is 4.68 Å². The van der Waals surface area contributed by atoms with Crippen LogP contribution in [0.25, 0.3) is 0 Å². The average molecular weight is 249 g/mol. The standard InChI is InChI=1S/C11H19N7/c1-4-8-6-10(18(5-2)14-8)9(12)7-11-13-16-17(3)15-11/h6,9H,4-5,7,12H2,1-3H3. The number of hydrogen-bond acceptors (Lipinski definition) is 5. The molecule has 2 aromatic rings. The van der Waals surface area contributed by atoms with Crippen molar-refractivity contribution in [1.29, 1.82) is 0 Å². The van der Waals surface area contributed by atoms with Gasteiger partial charge in [-0.25, -0.2) is 0 Å². The molecule has 1 unspecified atom stereocenters. The summed E-state index contributed by atoms with van der Waals surface area (Å²) in [4.78, 5) is 1.44. The highest BCUT2D eigenvalue weighted by atomic mass is 15.6. The quantitative estimate of drug-likeness (QED) is 0.819. The van der Waals surface area contributed by atoms with Crippen molar-refractivity contribution >= 4 is 0 Å². The topological polar surface area (TPSA) is 87.4 Å². The Morgan fingerprint density at radius 1 is 1.33 bits per heavy atom. The van der Waals surface area contributed by atoms with Crippen molar-refractivity contribution in [2.75, 3.05) is 0 Å². The van der Waals surface area contributed by atoms with E-state index >= 15 is 0 Å². The molecule has 0 saturated carbocycles. The maximum absolute atomic E-state index is 6.20. The van der Waals surface area contributed by atoms with Crippen molar-refractivity contribution in [3.05, 3.63) is 23.3 Å². The number of hydrogen-bond donors (Lipinski definition) is 1. The third kappa shape index (κ3) is 2.56. The fourth-order valence-corrected chi connectivity index (χ4v) is 1.92. The van der Waals surface area contributed by atoms with Crippen LogP contribution in [0.3, 0.4) is 0 Å². The lowest BCUT2D eigenvalue weighted by molar-refractivity contribution is 0.556. The van der Waals surface area contributed by atoms with Crippen LogP contribution < -0.4 is 5.73 Å². The van der Waals surface area contributed by atoms with Gasteiger partial charge in [-0.05, 0) is 24.6 Å². The van der Waals surface area contributed by atoms with Gasteiger partial charge in [-0.15, -0.1) is 10.2 Å². The number of tetrazole rings is 1. The van der Waals surface area contributed by atoms with Crippen LogP contribution >= 0.6 is 0 Å². The Hall–Kier alpha value is -1.76. The van der Waals surface area contributed by atoms with E-state index in [-0.39, 0.29) is 6.04 Å². The van der Waals surface area contributed by atoms with Gasteiger partial charge in [0.15, 0.2) is 5.82 Å². The van der Waals surface area contributed by atoms with Crippen molar-refractivity contribution < 1.29 is 0 Å². The zero-order chi connectivity index (χ0) is 13.1. The Morgan fingerprint density at radius 3 is 2.67 bits per heavy atom. The van der Waals surface area contributed by atoms with Crippen LogP contribution in [0.1, 0.15) is 37.1 Å². The summed E-state index contributed by atoms with van der Waals surface area (Å²) in [5.41, 5.74) is 8.30. The molecule has 0 amide bonds. The zero-order valence-electron chi connectivity index (χ0n) is 11.0. The molecule has 1 atom stereocenters. The first-order valence-corrected chi connectivity index (χ1v) is 6.19. The van der Waals surface area contributed by atoms with Gasteiger partial charge in [0.05, 0.1) is 24.5 Å². The second-order valence-corrected chi connectivity index (χ2v) is 4.24. The monoisotopic (exact) mass is 249 g/mol. The molecule has 2 N–H and O–H groups in total. The molecule has 0 fully saturated rings. The fraction of sp³-hybridized carbons (Fsp3) is 0.636. The summed E-state index contributed by atoms with van der Waals surface area (Å²) in [5, 5.41) is 16.4. The lowest BCUT2D eigenvalue weighted by atomic mass is 10.1. The molecule has 0 radical (unpaired) electrons. The van der Waals surface area contributed by atoms with Crippen molar-refractivity contribution in [3.8, 4) is 0 Å². The van der Waals surface area contributed by atoms with Gasteiger partial charge in [0.2, 0.25) is 0 Å². The maximum atomic E-state index is 6.20. The molecule has 0 aliphatic heterocycles. The first-order chi connectivity index (χ1) is 8.63. The Bertz CT molecular complexity index is 513.